The Kier molecular flexibility index (Phi) is 4.35. The van der Waals surface area contributed by atoms with Gasteiger partial charge in [0.2, 0.25) is 0 Å². The monoisotopic (exact) mass is 235 g/mol. The third-order valence-electron chi connectivity index (χ3n) is 2.10. The fourth-order valence-electron chi connectivity index (χ4n) is 1.36. The van der Waals surface area contributed by atoms with Gasteiger partial charge in [0.25, 0.3) is 0 Å². The Hall–Kier alpha value is -2.22. The summed E-state index contributed by atoms with van der Waals surface area (Å²) in [4.78, 5) is 21.7. The van der Waals surface area contributed by atoms with Crippen molar-refractivity contribution in [2.45, 2.75) is 13.3 Å². The van der Waals surface area contributed by atoms with E-state index in [0.717, 1.165) is 6.07 Å². The molecule has 4 nitrogen and oxygen atoms in total. The third-order valence-corrected chi connectivity index (χ3v) is 2.10. The van der Waals surface area contributed by atoms with Crippen LogP contribution in [0.25, 0.3) is 0 Å². The average Bonchev–Trinajstić information content (AvgIpc) is 2.31. The molecule has 0 heterocycles. The van der Waals surface area contributed by atoms with Crippen LogP contribution in [-0.2, 0) is 16.0 Å². The number of carbonyl (C=O) groups excluding carboxylic acids is 2. The number of aldehydes is 1. The number of halogens is 1. The van der Waals surface area contributed by atoms with Crippen LogP contribution in [0.1, 0.15) is 28.4 Å². The number of hydrogen-bond acceptors (Lipinski definition) is 4. The van der Waals surface area contributed by atoms with E-state index in [0.29, 0.717) is 6.29 Å². The molecule has 88 valence electrons. The summed E-state index contributed by atoms with van der Waals surface area (Å²) in [5, 5.41) is 8.82. The van der Waals surface area contributed by atoms with Gasteiger partial charge in [0.15, 0.2) is 0 Å². The normalized spacial score (nSPS) is 9.47. The second-order valence-corrected chi connectivity index (χ2v) is 3.24. The molecule has 0 fully saturated rings. The summed E-state index contributed by atoms with van der Waals surface area (Å²) in [6, 6.07) is 3.98. The minimum Gasteiger partial charge on any atom is -0.466 e. The zero-order valence-electron chi connectivity index (χ0n) is 9.20. The Balaban J connectivity index is 3.11. The third kappa shape index (κ3) is 3.11. The largest absolute Gasteiger partial charge is 0.466 e. The summed E-state index contributed by atoms with van der Waals surface area (Å²) in [7, 11) is 0. The van der Waals surface area contributed by atoms with Gasteiger partial charge < -0.3 is 4.74 Å². The maximum atomic E-state index is 13.6. The van der Waals surface area contributed by atoms with Gasteiger partial charge >= 0.3 is 5.97 Å². The number of nitriles is 1. The first-order valence-corrected chi connectivity index (χ1v) is 4.95. The molecule has 0 aliphatic heterocycles. The van der Waals surface area contributed by atoms with Crippen molar-refractivity contribution in [3.8, 4) is 6.07 Å². The fourth-order valence-corrected chi connectivity index (χ4v) is 1.36. The van der Waals surface area contributed by atoms with E-state index in [-0.39, 0.29) is 29.7 Å². The lowest BCUT2D eigenvalue weighted by molar-refractivity contribution is -0.142. The Morgan fingerprint density at radius 3 is 2.82 bits per heavy atom. The molecule has 0 aliphatic carbocycles. The summed E-state index contributed by atoms with van der Waals surface area (Å²) in [5.74, 6) is -1.36. The van der Waals surface area contributed by atoms with Crippen LogP contribution in [0.3, 0.4) is 0 Å². The van der Waals surface area contributed by atoms with Crippen molar-refractivity contribution in [1.29, 1.82) is 5.26 Å². The molecule has 1 aromatic rings. The highest BCUT2D eigenvalue weighted by Gasteiger charge is 2.15. The van der Waals surface area contributed by atoms with Gasteiger partial charge in [-0.1, -0.05) is 0 Å². The molecular formula is C12H10FNO3. The molecule has 0 N–H and O–H groups in total. The molecule has 0 saturated heterocycles. The zero-order valence-corrected chi connectivity index (χ0v) is 9.20. The van der Waals surface area contributed by atoms with Gasteiger partial charge in [-0.2, -0.15) is 5.26 Å². The quantitative estimate of drug-likeness (QED) is 0.587. The summed E-state index contributed by atoms with van der Waals surface area (Å²) in [6.07, 6.45) is 0.125. The van der Waals surface area contributed by atoms with Crippen LogP contribution in [0, 0.1) is 17.1 Å². The van der Waals surface area contributed by atoms with Crippen molar-refractivity contribution in [1.82, 2.24) is 0 Å². The second-order valence-electron chi connectivity index (χ2n) is 3.24. The molecule has 17 heavy (non-hydrogen) atoms. The fraction of sp³-hybridized carbons (Fsp3) is 0.250. The predicted octanol–water partition coefficient (Wildman–Crippen LogP) is 1.62. The van der Waals surface area contributed by atoms with Crippen molar-refractivity contribution < 1.29 is 18.7 Å². The van der Waals surface area contributed by atoms with Crippen LogP contribution in [0.5, 0.6) is 0 Å². The molecule has 0 amide bonds. The van der Waals surface area contributed by atoms with Gasteiger partial charge in [0, 0.05) is 11.1 Å². The second kappa shape index (κ2) is 5.75. The van der Waals surface area contributed by atoms with E-state index < -0.39 is 11.8 Å². The first kappa shape index (κ1) is 12.8. The highest BCUT2D eigenvalue weighted by Crippen LogP contribution is 2.16. The van der Waals surface area contributed by atoms with Crippen LogP contribution in [0.2, 0.25) is 0 Å². The van der Waals surface area contributed by atoms with Crippen LogP contribution in [-0.4, -0.2) is 18.9 Å². The summed E-state index contributed by atoms with van der Waals surface area (Å²) < 4.78 is 18.2. The van der Waals surface area contributed by atoms with E-state index in [2.05, 4.69) is 4.74 Å². The average molecular weight is 235 g/mol. The Morgan fingerprint density at radius 2 is 2.29 bits per heavy atom. The maximum absolute atomic E-state index is 13.6. The van der Waals surface area contributed by atoms with Crippen molar-refractivity contribution in [3.63, 3.8) is 0 Å². The van der Waals surface area contributed by atoms with E-state index >= 15 is 0 Å². The van der Waals surface area contributed by atoms with Gasteiger partial charge in [-0.05, 0) is 19.1 Å². The van der Waals surface area contributed by atoms with Gasteiger partial charge in [-0.25, -0.2) is 4.39 Å². The van der Waals surface area contributed by atoms with Crippen molar-refractivity contribution in [2.24, 2.45) is 0 Å². The first-order chi connectivity index (χ1) is 8.12. The van der Waals surface area contributed by atoms with E-state index in [1.807, 2.05) is 0 Å². The Morgan fingerprint density at radius 1 is 1.59 bits per heavy atom. The number of hydrogen-bond donors (Lipinski definition) is 0. The molecule has 0 radical (unpaired) electrons. The molecule has 0 unspecified atom stereocenters. The molecule has 0 bridgehead atoms. The van der Waals surface area contributed by atoms with Crippen LogP contribution in [0.4, 0.5) is 4.39 Å². The number of carbonyl (C=O) groups is 2. The molecule has 0 spiro atoms. The summed E-state index contributed by atoms with van der Waals surface area (Å²) >= 11 is 0. The smallest absolute Gasteiger partial charge is 0.310 e. The molecule has 5 heteroatoms. The summed E-state index contributed by atoms with van der Waals surface area (Å²) in [6.45, 7) is 1.82. The SMILES string of the molecule is CCOC(=O)Cc1c(F)cc(C=O)cc1C#N. The highest BCUT2D eigenvalue weighted by molar-refractivity contribution is 5.78. The zero-order chi connectivity index (χ0) is 12.8. The lowest BCUT2D eigenvalue weighted by atomic mass is 10.0. The lowest BCUT2D eigenvalue weighted by Gasteiger charge is -2.06. The van der Waals surface area contributed by atoms with Crippen LogP contribution < -0.4 is 0 Å². The first-order valence-electron chi connectivity index (χ1n) is 4.95. The number of nitrogens with zero attached hydrogens (tertiary/aromatic N) is 1. The summed E-state index contributed by atoms with van der Waals surface area (Å²) in [5.41, 5.74) is -0.0108. The molecule has 0 saturated carbocycles. The van der Waals surface area contributed by atoms with Crippen molar-refractivity contribution in [3.05, 3.63) is 34.6 Å². The van der Waals surface area contributed by atoms with E-state index in [1.165, 1.54) is 6.07 Å². The van der Waals surface area contributed by atoms with Crippen molar-refractivity contribution >= 4 is 12.3 Å². The Bertz CT molecular complexity index is 491. The van der Waals surface area contributed by atoms with Crippen LogP contribution >= 0.6 is 0 Å². The maximum Gasteiger partial charge on any atom is 0.310 e. The number of ether oxygens (including phenoxy) is 1. The molecule has 0 aliphatic rings. The molecular weight excluding hydrogens is 225 g/mol. The minimum atomic E-state index is -0.751. The van der Waals surface area contributed by atoms with E-state index in [9.17, 15) is 14.0 Å². The van der Waals surface area contributed by atoms with Gasteiger partial charge in [-0.3, -0.25) is 9.59 Å². The standard InChI is InChI=1S/C12H10FNO3/c1-2-17-12(16)5-10-9(6-14)3-8(7-15)4-11(10)13/h3-4,7H,2,5H2,1H3. The molecule has 0 atom stereocenters. The van der Waals surface area contributed by atoms with Gasteiger partial charge in [0.05, 0.1) is 24.7 Å². The van der Waals surface area contributed by atoms with Crippen molar-refractivity contribution in [2.75, 3.05) is 6.61 Å². The van der Waals surface area contributed by atoms with E-state index in [4.69, 9.17) is 5.26 Å². The number of rotatable bonds is 4. The van der Waals surface area contributed by atoms with Gasteiger partial charge in [0.1, 0.15) is 12.1 Å². The van der Waals surface area contributed by atoms with Gasteiger partial charge in [-0.15, -0.1) is 0 Å². The topological polar surface area (TPSA) is 67.2 Å². The molecule has 1 rings (SSSR count). The minimum absolute atomic E-state index is 0.0276. The van der Waals surface area contributed by atoms with Crippen LogP contribution in [0.15, 0.2) is 12.1 Å². The van der Waals surface area contributed by atoms with E-state index in [1.54, 1.807) is 13.0 Å². The Labute approximate surface area is 97.6 Å². The number of benzene rings is 1. The predicted molar refractivity (Wildman–Crippen MR) is 56.8 cm³/mol. The highest BCUT2D eigenvalue weighted by atomic mass is 19.1. The molecule has 0 aromatic heterocycles. The lowest BCUT2D eigenvalue weighted by Crippen LogP contribution is -2.10. The molecule has 1 aromatic carbocycles. The number of esters is 1.